The van der Waals surface area contributed by atoms with Crippen molar-refractivity contribution in [1.29, 1.82) is 0 Å². The Bertz CT molecular complexity index is 500. The molecule has 0 saturated carbocycles. The number of anilines is 1. The SMILES string of the molecule is c1cn(CCNCc2ccc(N3CCCC3)cc2)nn1. The van der Waals surface area contributed by atoms with Gasteiger partial charge in [0.05, 0.1) is 12.7 Å². The molecule has 5 heteroatoms. The molecule has 106 valence electrons. The summed E-state index contributed by atoms with van der Waals surface area (Å²) < 4.78 is 1.84. The summed E-state index contributed by atoms with van der Waals surface area (Å²) in [5, 5.41) is 11.2. The van der Waals surface area contributed by atoms with Gasteiger partial charge in [0.1, 0.15) is 0 Å². The van der Waals surface area contributed by atoms with Crippen LogP contribution in [0.1, 0.15) is 18.4 Å². The predicted molar refractivity (Wildman–Crippen MR) is 79.6 cm³/mol. The van der Waals surface area contributed by atoms with Crippen LogP contribution in [0.2, 0.25) is 0 Å². The van der Waals surface area contributed by atoms with Crippen LogP contribution < -0.4 is 10.2 Å². The summed E-state index contributed by atoms with van der Waals surface area (Å²) in [6, 6.07) is 8.91. The Morgan fingerprint density at radius 3 is 2.60 bits per heavy atom. The molecule has 0 bridgehead atoms. The smallest absolute Gasteiger partial charge is 0.0692 e. The number of hydrogen-bond acceptors (Lipinski definition) is 4. The number of benzene rings is 1. The zero-order chi connectivity index (χ0) is 13.6. The molecule has 1 saturated heterocycles. The maximum Gasteiger partial charge on any atom is 0.0692 e. The van der Waals surface area contributed by atoms with E-state index in [1.54, 1.807) is 6.20 Å². The molecule has 0 amide bonds. The second-order valence-corrected chi connectivity index (χ2v) is 5.20. The molecular weight excluding hydrogens is 250 g/mol. The summed E-state index contributed by atoms with van der Waals surface area (Å²) in [5.41, 5.74) is 2.68. The van der Waals surface area contributed by atoms with E-state index in [1.807, 2.05) is 10.9 Å². The van der Waals surface area contributed by atoms with Gasteiger partial charge >= 0.3 is 0 Å². The highest BCUT2D eigenvalue weighted by Crippen LogP contribution is 2.20. The lowest BCUT2D eigenvalue weighted by atomic mass is 10.2. The number of nitrogens with zero attached hydrogens (tertiary/aromatic N) is 4. The fourth-order valence-corrected chi connectivity index (χ4v) is 2.58. The Morgan fingerprint density at radius 1 is 1.10 bits per heavy atom. The minimum Gasteiger partial charge on any atom is -0.372 e. The number of aromatic nitrogens is 3. The summed E-state index contributed by atoms with van der Waals surface area (Å²) in [5.74, 6) is 0. The van der Waals surface area contributed by atoms with Crippen molar-refractivity contribution >= 4 is 5.69 Å². The van der Waals surface area contributed by atoms with Crippen LogP contribution in [0.5, 0.6) is 0 Å². The molecule has 1 N–H and O–H groups in total. The van der Waals surface area contributed by atoms with Crippen molar-refractivity contribution < 1.29 is 0 Å². The van der Waals surface area contributed by atoms with Crippen molar-refractivity contribution in [3.63, 3.8) is 0 Å². The lowest BCUT2D eigenvalue weighted by Crippen LogP contribution is -2.20. The molecule has 1 aliphatic rings. The molecule has 2 heterocycles. The first-order valence-corrected chi connectivity index (χ1v) is 7.30. The van der Waals surface area contributed by atoms with E-state index in [-0.39, 0.29) is 0 Å². The first-order chi connectivity index (χ1) is 9.92. The van der Waals surface area contributed by atoms with E-state index < -0.39 is 0 Å². The third-order valence-electron chi connectivity index (χ3n) is 3.73. The van der Waals surface area contributed by atoms with E-state index in [1.165, 1.54) is 37.2 Å². The lowest BCUT2D eigenvalue weighted by molar-refractivity contribution is 0.540. The lowest BCUT2D eigenvalue weighted by Gasteiger charge is -2.17. The fraction of sp³-hybridized carbons (Fsp3) is 0.467. The van der Waals surface area contributed by atoms with Gasteiger partial charge in [-0.25, -0.2) is 0 Å². The minimum absolute atomic E-state index is 0.853. The molecule has 2 aromatic rings. The summed E-state index contributed by atoms with van der Waals surface area (Å²) in [6.45, 7) is 5.06. The molecule has 3 rings (SSSR count). The molecule has 0 aliphatic carbocycles. The van der Waals surface area contributed by atoms with Gasteiger partial charge in [0.15, 0.2) is 0 Å². The molecule has 1 aliphatic heterocycles. The van der Waals surface area contributed by atoms with Crippen molar-refractivity contribution in [1.82, 2.24) is 20.3 Å². The summed E-state index contributed by atoms with van der Waals surface area (Å²) in [6.07, 6.45) is 6.24. The number of hydrogen-bond donors (Lipinski definition) is 1. The molecule has 0 atom stereocenters. The van der Waals surface area contributed by atoms with Gasteiger partial charge in [-0.2, -0.15) is 0 Å². The van der Waals surface area contributed by atoms with Crippen molar-refractivity contribution in [2.45, 2.75) is 25.9 Å². The second-order valence-electron chi connectivity index (χ2n) is 5.20. The maximum atomic E-state index is 3.94. The van der Waals surface area contributed by atoms with Crippen LogP contribution in [0.25, 0.3) is 0 Å². The van der Waals surface area contributed by atoms with Crippen LogP contribution in [0.3, 0.4) is 0 Å². The Hall–Kier alpha value is -1.88. The van der Waals surface area contributed by atoms with Crippen LogP contribution >= 0.6 is 0 Å². The standard InChI is InChI=1S/C15H21N5/c1-2-10-19(9-1)15-5-3-14(4-6-15)13-16-7-11-20-12-8-17-18-20/h3-6,8,12,16H,1-2,7,9-11,13H2. The van der Waals surface area contributed by atoms with Gasteiger partial charge in [0, 0.05) is 38.1 Å². The first-order valence-electron chi connectivity index (χ1n) is 7.30. The Labute approximate surface area is 119 Å². The predicted octanol–water partition coefficient (Wildman–Crippen LogP) is 1.67. The van der Waals surface area contributed by atoms with E-state index in [0.29, 0.717) is 0 Å². The van der Waals surface area contributed by atoms with Crippen molar-refractivity contribution in [2.24, 2.45) is 0 Å². The molecule has 0 spiro atoms. The fourth-order valence-electron chi connectivity index (χ4n) is 2.58. The van der Waals surface area contributed by atoms with Crippen LogP contribution in [0.15, 0.2) is 36.7 Å². The van der Waals surface area contributed by atoms with E-state index in [4.69, 9.17) is 0 Å². The van der Waals surface area contributed by atoms with Gasteiger partial charge in [-0.1, -0.05) is 17.3 Å². The quantitative estimate of drug-likeness (QED) is 0.812. The van der Waals surface area contributed by atoms with Crippen LogP contribution in [0, 0.1) is 0 Å². The molecule has 1 fully saturated rings. The summed E-state index contributed by atoms with van der Waals surface area (Å²) >= 11 is 0. The van der Waals surface area contributed by atoms with Crippen molar-refractivity contribution in [3.05, 3.63) is 42.2 Å². The van der Waals surface area contributed by atoms with Gasteiger partial charge in [-0.3, -0.25) is 4.68 Å². The molecular formula is C15H21N5. The van der Waals surface area contributed by atoms with Crippen LogP contribution in [-0.4, -0.2) is 34.6 Å². The summed E-state index contributed by atoms with van der Waals surface area (Å²) in [4.78, 5) is 2.46. The maximum absolute atomic E-state index is 3.94. The highest BCUT2D eigenvalue weighted by Gasteiger charge is 2.11. The minimum atomic E-state index is 0.853. The average Bonchev–Trinajstić information content (AvgIpc) is 3.17. The Balaban J connectivity index is 1.43. The monoisotopic (exact) mass is 271 g/mol. The number of rotatable bonds is 6. The average molecular weight is 271 g/mol. The van der Waals surface area contributed by atoms with Gasteiger partial charge < -0.3 is 10.2 Å². The van der Waals surface area contributed by atoms with Crippen molar-refractivity contribution in [2.75, 3.05) is 24.5 Å². The molecule has 1 aromatic carbocycles. The molecule has 1 aromatic heterocycles. The molecule has 5 nitrogen and oxygen atoms in total. The van der Waals surface area contributed by atoms with E-state index in [9.17, 15) is 0 Å². The van der Waals surface area contributed by atoms with E-state index in [2.05, 4.69) is 44.8 Å². The van der Waals surface area contributed by atoms with Gasteiger partial charge in [-0.15, -0.1) is 5.10 Å². The zero-order valence-corrected chi connectivity index (χ0v) is 11.7. The Morgan fingerprint density at radius 2 is 1.90 bits per heavy atom. The third kappa shape index (κ3) is 3.36. The molecule has 0 radical (unpaired) electrons. The molecule has 0 unspecified atom stereocenters. The third-order valence-corrected chi connectivity index (χ3v) is 3.73. The topological polar surface area (TPSA) is 46.0 Å². The van der Waals surface area contributed by atoms with E-state index in [0.717, 1.165) is 19.6 Å². The van der Waals surface area contributed by atoms with Gasteiger partial charge in [-0.05, 0) is 30.5 Å². The van der Waals surface area contributed by atoms with Gasteiger partial charge in [0.25, 0.3) is 0 Å². The molecule has 20 heavy (non-hydrogen) atoms. The normalized spacial score (nSPS) is 14.9. The Kier molecular flexibility index (Phi) is 4.28. The van der Waals surface area contributed by atoms with E-state index >= 15 is 0 Å². The number of nitrogens with one attached hydrogen (secondary N) is 1. The second kappa shape index (κ2) is 6.52. The van der Waals surface area contributed by atoms with Gasteiger partial charge in [0.2, 0.25) is 0 Å². The highest BCUT2D eigenvalue weighted by atomic mass is 15.4. The summed E-state index contributed by atoms with van der Waals surface area (Å²) in [7, 11) is 0. The highest BCUT2D eigenvalue weighted by molar-refractivity contribution is 5.48. The van der Waals surface area contributed by atoms with Crippen LogP contribution in [0.4, 0.5) is 5.69 Å². The largest absolute Gasteiger partial charge is 0.372 e. The van der Waals surface area contributed by atoms with Crippen molar-refractivity contribution in [3.8, 4) is 0 Å². The van der Waals surface area contributed by atoms with Crippen LogP contribution in [-0.2, 0) is 13.1 Å². The zero-order valence-electron chi connectivity index (χ0n) is 11.7. The first kappa shape index (κ1) is 13.1.